The van der Waals surface area contributed by atoms with E-state index in [0.29, 0.717) is 6.54 Å². The summed E-state index contributed by atoms with van der Waals surface area (Å²) >= 11 is 0. The molecule has 0 saturated carbocycles. The monoisotopic (exact) mass is 125 g/mol. The van der Waals surface area contributed by atoms with Crippen LogP contribution in [0.3, 0.4) is 0 Å². The fourth-order valence-electron chi connectivity index (χ4n) is 0.566. The second-order valence-corrected chi connectivity index (χ2v) is 1.70. The van der Waals surface area contributed by atoms with Gasteiger partial charge in [0.15, 0.2) is 0 Å². The summed E-state index contributed by atoms with van der Waals surface area (Å²) in [5.74, 6) is 5.31. The molecule has 0 fully saturated rings. The highest BCUT2D eigenvalue weighted by Gasteiger charge is 1.97. The number of rotatable bonds is 2. The topological polar surface area (TPSA) is 47.7 Å². The molecule has 9 heavy (non-hydrogen) atoms. The van der Waals surface area contributed by atoms with Crippen LogP contribution in [0.15, 0.2) is 25.3 Å². The van der Waals surface area contributed by atoms with Gasteiger partial charge in [0.25, 0.3) is 6.33 Å². The van der Waals surface area contributed by atoms with Gasteiger partial charge >= 0.3 is 0 Å². The average Bonchev–Trinajstić information content (AvgIpc) is 2.17. The summed E-state index contributed by atoms with van der Waals surface area (Å²) in [4.78, 5) is 0. The van der Waals surface area contributed by atoms with Crippen molar-refractivity contribution in [3.63, 3.8) is 0 Å². The second-order valence-electron chi connectivity index (χ2n) is 1.70. The summed E-state index contributed by atoms with van der Waals surface area (Å²) in [6, 6.07) is 0. The molecule has 0 amide bonds. The highest BCUT2D eigenvalue weighted by Crippen LogP contribution is 1.75. The quantitative estimate of drug-likeness (QED) is 0.315. The Kier molecular flexibility index (Phi) is 1.48. The second kappa shape index (κ2) is 2.30. The van der Waals surface area contributed by atoms with Crippen LogP contribution < -0.4 is 10.5 Å². The van der Waals surface area contributed by atoms with Gasteiger partial charge in [-0.05, 0) is 0 Å². The van der Waals surface area contributed by atoms with Crippen LogP contribution in [0.4, 0.5) is 0 Å². The molecule has 1 rings (SSSR count). The van der Waals surface area contributed by atoms with E-state index in [-0.39, 0.29) is 0 Å². The zero-order valence-electron chi connectivity index (χ0n) is 5.07. The lowest BCUT2D eigenvalue weighted by Crippen LogP contribution is -2.41. The highest BCUT2D eigenvalue weighted by atomic mass is 15.4. The van der Waals surface area contributed by atoms with E-state index in [4.69, 9.17) is 5.84 Å². The molecule has 0 atom stereocenters. The molecule has 0 bridgehead atoms. The van der Waals surface area contributed by atoms with E-state index in [0.717, 1.165) is 0 Å². The fraction of sp³-hybridized carbons (Fsp3) is 0.200. The number of nitrogens with two attached hydrogens (primary N) is 1. The lowest BCUT2D eigenvalue weighted by Gasteiger charge is -1.79. The summed E-state index contributed by atoms with van der Waals surface area (Å²) in [7, 11) is 0. The number of aromatic nitrogens is 3. The SMILES string of the molecule is C=CCn1c[n+](N)cn1. The first-order valence-corrected chi connectivity index (χ1v) is 2.62. The van der Waals surface area contributed by atoms with E-state index in [1.54, 1.807) is 17.1 Å². The van der Waals surface area contributed by atoms with Crippen molar-refractivity contribution in [1.29, 1.82) is 0 Å². The molecule has 0 aliphatic rings. The van der Waals surface area contributed by atoms with Crippen LogP contribution in [0.2, 0.25) is 0 Å². The zero-order chi connectivity index (χ0) is 6.69. The molecule has 0 aliphatic carbocycles. The summed E-state index contributed by atoms with van der Waals surface area (Å²) in [5, 5.41) is 3.89. The summed E-state index contributed by atoms with van der Waals surface area (Å²) in [6.45, 7) is 4.25. The van der Waals surface area contributed by atoms with Crippen LogP contribution in [0.1, 0.15) is 0 Å². The van der Waals surface area contributed by atoms with Crippen molar-refractivity contribution in [2.75, 3.05) is 5.84 Å². The first-order valence-electron chi connectivity index (χ1n) is 2.62. The molecule has 1 aromatic rings. The van der Waals surface area contributed by atoms with E-state index < -0.39 is 0 Å². The van der Waals surface area contributed by atoms with Gasteiger partial charge in [0, 0.05) is 5.10 Å². The predicted molar refractivity (Wildman–Crippen MR) is 32.8 cm³/mol. The van der Waals surface area contributed by atoms with E-state index >= 15 is 0 Å². The number of nitrogens with zero attached hydrogens (tertiary/aromatic N) is 3. The molecule has 4 heteroatoms. The number of hydrogen-bond donors (Lipinski definition) is 1. The summed E-state index contributed by atoms with van der Waals surface area (Å²) < 4.78 is 3.08. The minimum atomic E-state index is 0.699. The molecule has 0 spiro atoms. The Hall–Kier alpha value is -1.32. The third-order valence-corrected chi connectivity index (χ3v) is 0.916. The normalized spacial score (nSPS) is 9.33. The molecule has 4 nitrogen and oxygen atoms in total. The fourth-order valence-corrected chi connectivity index (χ4v) is 0.566. The molecule has 0 radical (unpaired) electrons. The van der Waals surface area contributed by atoms with Gasteiger partial charge < -0.3 is 0 Å². The molecule has 0 aliphatic heterocycles. The van der Waals surface area contributed by atoms with Crippen molar-refractivity contribution in [1.82, 2.24) is 9.78 Å². The molecule has 0 aromatic carbocycles. The molecule has 2 N–H and O–H groups in total. The Bertz CT molecular complexity index is 202. The lowest BCUT2D eigenvalue weighted by molar-refractivity contribution is -0.639. The summed E-state index contributed by atoms with van der Waals surface area (Å²) in [5.41, 5.74) is 0. The van der Waals surface area contributed by atoms with Crippen molar-refractivity contribution in [3.05, 3.63) is 25.3 Å². The Morgan fingerprint density at radius 3 is 3.11 bits per heavy atom. The third kappa shape index (κ3) is 1.28. The molecule has 48 valence electrons. The number of hydrogen-bond acceptors (Lipinski definition) is 2. The molecular weight excluding hydrogens is 116 g/mol. The van der Waals surface area contributed by atoms with Gasteiger partial charge in [-0.15, -0.1) is 9.36 Å². The minimum absolute atomic E-state index is 0.699. The van der Waals surface area contributed by atoms with Crippen LogP contribution in [0, 0.1) is 0 Å². The third-order valence-electron chi connectivity index (χ3n) is 0.916. The van der Waals surface area contributed by atoms with Crippen LogP contribution in [-0.4, -0.2) is 9.78 Å². The van der Waals surface area contributed by atoms with Crippen molar-refractivity contribution < 1.29 is 4.68 Å². The predicted octanol–water partition coefficient (Wildman–Crippen LogP) is -0.930. The molecule has 1 aromatic heterocycles. The van der Waals surface area contributed by atoms with Crippen molar-refractivity contribution >= 4 is 0 Å². The van der Waals surface area contributed by atoms with Crippen LogP contribution >= 0.6 is 0 Å². The van der Waals surface area contributed by atoms with Gasteiger partial charge in [-0.1, -0.05) is 12.7 Å². The van der Waals surface area contributed by atoms with Crippen LogP contribution in [-0.2, 0) is 6.54 Å². The largest absolute Gasteiger partial charge is 0.289 e. The van der Waals surface area contributed by atoms with E-state index in [2.05, 4.69) is 11.7 Å². The number of nitrogen functional groups attached to an aromatic ring is 1. The Balaban J connectivity index is 2.72. The smallest absolute Gasteiger partial charge is 0.286 e. The Morgan fingerprint density at radius 1 is 1.89 bits per heavy atom. The molecular formula is C5H9N4+. The van der Waals surface area contributed by atoms with E-state index in [1.807, 2.05) is 0 Å². The maximum atomic E-state index is 5.31. The molecule has 0 saturated heterocycles. The van der Waals surface area contributed by atoms with Crippen LogP contribution in [0.25, 0.3) is 0 Å². The standard InChI is InChI=1S/C5H9N4/c1-2-3-9-5-8(6)4-7-9/h2,4-5H,1,3,6H2/q+1. The van der Waals surface area contributed by atoms with Gasteiger partial charge in [-0.25, -0.2) is 0 Å². The van der Waals surface area contributed by atoms with E-state index in [9.17, 15) is 0 Å². The van der Waals surface area contributed by atoms with Gasteiger partial charge in [-0.3, -0.25) is 5.84 Å². The molecule has 0 unspecified atom stereocenters. The molecule has 1 heterocycles. The van der Waals surface area contributed by atoms with Gasteiger partial charge in [0.05, 0.1) is 0 Å². The van der Waals surface area contributed by atoms with Gasteiger partial charge in [0.2, 0.25) is 6.33 Å². The Morgan fingerprint density at radius 2 is 2.67 bits per heavy atom. The van der Waals surface area contributed by atoms with Crippen molar-refractivity contribution in [2.45, 2.75) is 6.54 Å². The Labute approximate surface area is 53.2 Å². The summed E-state index contributed by atoms with van der Waals surface area (Å²) in [6.07, 6.45) is 4.97. The maximum Gasteiger partial charge on any atom is 0.286 e. The van der Waals surface area contributed by atoms with Gasteiger partial charge in [-0.2, -0.15) is 0 Å². The highest BCUT2D eigenvalue weighted by molar-refractivity contribution is 4.65. The average molecular weight is 125 g/mol. The van der Waals surface area contributed by atoms with Crippen molar-refractivity contribution in [3.8, 4) is 0 Å². The number of allylic oxidation sites excluding steroid dienone is 1. The minimum Gasteiger partial charge on any atom is -0.289 e. The lowest BCUT2D eigenvalue weighted by atomic mass is 10.6. The van der Waals surface area contributed by atoms with Gasteiger partial charge in [0.1, 0.15) is 6.54 Å². The first kappa shape index (κ1) is 5.81. The maximum absolute atomic E-state index is 5.31. The zero-order valence-corrected chi connectivity index (χ0v) is 5.07. The first-order chi connectivity index (χ1) is 4.33. The van der Waals surface area contributed by atoms with E-state index in [1.165, 1.54) is 11.0 Å². The van der Waals surface area contributed by atoms with Crippen molar-refractivity contribution in [2.24, 2.45) is 0 Å². The van der Waals surface area contributed by atoms with Crippen LogP contribution in [0.5, 0.6) is 0 Å².